The van der Waals surface area contributed by atoms with E-state index in [0.29, 0.717) is 18.8 Å². The zero-order valence-corrected chi connectivity index (χ0v) is 11.8. The number of hydrogen-bond acceptors (Lipinski definition) is 3. The molecule has 1 aromatic carbocycles. The first-order valence-electron chi connectivity index (χ1n) is 6.22. The Balaban J connectivity index is 3.00. The molecule has 2 N–H and O–H groups in total. The molecule has 0 aliphatic carbocycles. The molecule has 21 heavy (non-hydrogen) atoms. The lowest BCUT2D eigenvalue weighted by atomic mass is 10.1. The van der Waals surface area contributed by atoms with E-state index in [2.05, 4.69) is 18.5 Å². The molecule has 0 bridgehead atoms. The predicted octanol–water partition coefficient (Wildman–Crippen LogP) is 2.60. The Morgan fingerprint density at radius 1 is 1.33 bits per heavy atom. The number of aromatic carboxylic acids is 1. The van der Waals surface area contributed by atoms with Gasteiger partial charge in [0.2, 0.25) is 0 Å². The molecule has 112 valence electrons. The number of rotatable bonds is 7. The summed E-state index contributed by atoms with van der Waals surface area (Å²) in [5.74, 6) is -0.748. The minimum absolute atomic E-state index is 0.0418. The zero-order valence-electron chi connectivity index (χ0n) is 11.8. The van der Waals surface area contributed by atoms with E-state index in [4.69, 9.17) is 4.74 Å². The van der Waals surface area contributed by atoms with E-state index in [1.165, 1.54) is 24.1 Å². The molecule has 0 saturated heterocycles. The molecule has 0 aromatic heterocycles. The summed E-state index contributed by atoms with van der Waals surface area (Å²) in [6.45, 7) is 7.81. The van der Waals surface area contributed by atoms with Gasteiger partial charge in [-0.1, -0.05) is 12.2 Å². The Bertz CT molecular complexity index is 545. The van der Waals surface area contributed by atoms with Gasteiger partial charge in [0.25, 0.3) is 0 Å². The molecular weight excluding hydrogens is 272 g/mol. The molecule has 0 radical (unpaired) electrons. The van der Waals surface area contributed by atoms with Crippen LogP contribution in [0.3, 0.4) is 0 Å². The molecule has 0 spiro atoms. The maximum atomic E-state index is 12.1. The second-order valence-electron chi connectivity index (χ2n) is 4.13. The number of benzene rings is 1. The van der Waals surface area contributed by atoms with Crippen molar-refractivity contribution < 1.29 is 19.4 Å². The Kier molecular flexibility index (Phi) is 6.00. The fourth-order valence-electron chi connectivity index (χ4n) is 1.68. The van der Waals surface area contributed by atoms with Crippen molar-refractivity contribution in [3.05, 3.63) is 49.1 Å². The molecule has 6 heteroatoms. The van der Waals surface area contributed by atoms with Crippen LogP contribution in [0.2, 0.25) is 0 Å². The summed E-state index contributed by atoms with van der Waals surface area (Å²) < 4.78 is 4.98. The van der Waals surface area contributed by atoms with Crippen LogP contribution >= 0.6 is 0 Å². The van der Waals surface area contributed by atoms with Gasteiger partial charge in [-0.2, -0.15) is 0 Å². The van der Waals surface area contributed by atoms with E-state index in [9.17, 15) is 14.7 Å². The number of urea groups is 1. The first-order valence-corrected chi connectivity index (χ1v) is 6.22. The Labute approximate surface area is 123 Å². The van der Waals surface area contributed by atoms with Crippen LogP contribution in [0, 0.1) is 0 Å². The largest absolute Gasteiger partial charge is 0.497 e. The number of nitrogens with one attached hydrogen (secondary N) is 1. The number of carboxylic acid groups (broad SMARTS) is 1. The van der Waals surface area contributed by atoms with E-state index in [1.807, 2.05) is 0 Å². The van der Waals surface area contributed by atoms with Crippen molar-refractivity contribution in [1.29, 1.82) is 0 Å². The van der Waals surface area contributed by atoms with Crippen molar-refractivity contribution in [2.75, 3.05) is 25.5 Å². The number of carboxylic acids is 1. The lowest BCUT2D eigenvalue weighted by molar-refractivity contribution is 0.0697. The van der Waals surface area contributed by atoms with Crippen LogP contribution in [0.25, 0.3) is 0 Å². The summed E-state index contributed by atoms with van der Waals surface area (Å²) in [6, 6.07) is 3.99. The third-order valence-electron chi connectivity index (χ3n) is 2.68. The van der Waals surface area contributed by atoms with Gasteiger partial charge >= 0.3 is 12.0 Å². The quantitative estimate of drug-likeness (QED) is 0.756. The fourth-order valence-corrected chi connectivity index (χ4v) is 1.68. The minimum atomic E-state index is -1.15. The fraction of sp³-hybridized carbons (Fsp3) is 0.200. The number of nitrogens with zero attached hydrogens (tertiary/aromatic N) is 1. The summed E-state index contributed by atoms with van der Waals surface area (Å²) in [4.78, 5) is 24.8. The molecule has 0 saturated carbocycles. The highest BCUT2D eigenvalue weighted by molar-refractivity contribution is 6.00. The second kappa shape index (κ2) is 7.74. The molecule has 0 heterocycles. The first kappa shape index (κ1) is 16.3. The van der Waals surface area contributed by atoms with Gasteiger partial charge in [0.05, 0.1) is 18.4 Å². The molecule has 1 aromatic rings. The second-order valence-corrected chi connectivity index (χ2v) is 4.13. The van der Waals surface area contributed by atoms with Crippen LogP contribution in [0.1, 0.15) is 10.4 Å². The number of amides is 2. The monoisotopic (exact) mass is 290 g/mol. The van der Waals surface area contributed by atoms with Gasteiger partial charge in [-0.25, -0.2) is 9.59 Å². The van der Waals surface area contributed by atoms with Gasteiger partial charge in [0, 0.05) is 13.1 Å². The predicted molar refractivity (Wildman–Crippen MR) is 80.9 cm³/mol. The van der Waals surface area contributed by atoms with Crippen LogP contribution in [0.5, 0.6) is 5.75 Å². The topological polar surface area (TPSA) is 78.9 Å². The van der Waals surface area contributed by atoms with Gasteiger partial charge in [0.1, 0.15) is 5.75 Å². The van der Waals surface area contributed by atoms with Crippen molar-refractivity contribution in [1.82, 2.24) is 4.90 Å². The van der Waals surface area contributed by atoms with Crippen LogP contribution in [0.4, 0.5) is 10.5 Å². The van der Waals surface area contributed by atoms with Gasteiger partial charge in [-0.15, -0.1) is 13.2 Å². The van der Waals surface area contributed by atoms with Crippen molar-refractivity contribution in [3.8, 4) is 5.75 Å². The highest BCUT2D eigenvalue weighted by atomic mass is 16.5. The third-order valence-corrected chi connectivity index (χ3v) is 2.68. The van der Waals surface area contributed by atoms with Crippen molar-refractivity contribution in [2.24, 2.45) is 0 Å². The number of anilines is 1. The first-order chi connectivity index (χ1) is 10.0. The van der Waals surface area contributed by atoms with Crippen molar-refractivity contribution in [2.45, 2.75) is 0 Å². The molecule has 2 amide bonds. The average molecular weight is 290 g/mol. The number of hydrogen-bond donors (Lipinski definition) is 2. The summed E-state index contributed by atoms with van der Waals surface area (Å²) in [7, 11) is 1.44. The molecule has 0 atom stereocenters. The molecule has 0 unspecified atom stereocenters. The van der Waals surface area contributed by atoms with Crippen molar-refractivity contribution in [3.63, 3.8) is 0 Å². The Morgan fingerprint density at radius 2 is 1.95 bits per heavy atom. The Hall–Kier alpha value is -2.76. The molecular formula is C15H18N2O4. The van der Waals surface area contributed by atoms with E-state index in [-0.39, 0.29) is 11.3 Å². The number of ether oxygens (including phenoxy) is 1. The smallest absolute Gasteiger partial charge is 0.337 e. The van der Waals surface area contributed by atoms with Crippen LogP contribution in [-0.2, 0) is 0 Å². The molecule has 1 rings (SSSR count). The van der Waals surface area contributed by atoms with Crippen LogP contribution in [0.15, 0.2) is 43.5 Å². The van der Waals surface area contributed by atoms with E-state index >= 15 is 0 Å². The summed E-state index contributed by atoms with van der Waals surface area (Å²) in [6.07, 6.45) is 3.16. The summed E-state index contributed by atoms with van der Waals surface area (Å²) >= 11 is 0. The maximum absolute atomic E-state index is 12.1. The van der Waals surface area contributed by atoms with Gasteiger partial charge in [-0.05, 0) is 18.2 Å². The number of carbonyl (C=O) groups excluding carboxylic acids is 1. The molecule has 0 aliphatic rings. The SMILES string of the molecule is C=CCN(CC=C)C(=O)Nc1ccc(OC)cc1C(=O)O. The Morgan fingerprint density at radius 3 is 2.43 bits per heavy atom. The van der Waals surface area contributed by atoms with Gasteiger partial charge in [0.15, 0.2) is 0 Å². The lowest BCUT2D eigenvalue weighted by Gasteiger charge is -2.20. The normalized spacial score (nSPS) is 9.57. The summed E-state index contributed by atoms with van der Waals surface area (Å²) in [5, 5.41) is 11.8. The van der Waals surface area contributed by atoms with Gasteiger partial charge in [-0.3, -0.25) is 0 Å². The van der Waals surface area contributed by atoms with Crippen LogP contribution in [-0.4, -0.2) is 42.2 Å². The van der Waals surface area contributed by atoms with E-state index in [0.717, 1.165) is 0 Å². The van der Waals surface area contributed by atoms with E-state index in [1.54, 1.807) is 18.2 Å². The number of carbonyl (C=O) groups is 2. The van der Waals surface area contributed by atoms with E-state index < -0.39 is 12.0 Å². The average Bonchev–Trinajstić information content (AvgIpc) is 2.47. The molecule has 0 fully saturated rings. The zero-order chi connectivity index (χ0) is 15.8. The highest BCUT2D eigenvalue weighted by Gasteiger charge is 2.16. The minimum Gasteiger partial charge on any atom is -0.497 e. The number of methoxy groups -OCH3 is 1. The van der Waals surface area contributed by atoms with Crippen molar-refractivity contribution >= 4 is 17.7 Å². The highest BCUT2D eigenvalue weighted by Crippen LogP contribution is 2.22. The summed E-state index contributed by atoms with van der Waals surface area (Å²) in [5.41, 5.74) is 0.159. The molecule has 0 aliphatic heterocycles. The van der Waals surface area contributed by atoms with Gasteiger partial charge < -0.3 is 20.1 Å². The lowest BCUT2D eigenvalue weighted by Crippen LogP contribution is -2.35. The third kappa shape index (κ3) is 4.38. The van der Waals surface area contributed by atoms with Crippen LogP contribution < -0.4 is 10.1 Å². The standard InChI is InChI=1S/C15H18N2O4/c1-4-8-17(9-5-2)15(20)16-13-7-6-11(21-3)10-12(13)14(18)19/h4-7,10H,1-2,8-9H2,3H3,(H,16,20)(H,18,19). The molecule has 6 nitrogen and oxygen atoms in total. The maximum Gasteiger partial charge on any atom is 0.337 e.